The summed E-state index contributed by atoms with van der Waals surface area (Å²) in [7, 11) is 0. The molecular formula is C7H11BrN2OS. The molecule has 12 heavy (non-hydrogen) atoms. The molecule has 0 aromatic rings. The van der Waals surface area contributed by atoms with Crippen LogP contribution in [0.25, 0.3) is 0 Å². The van der Waals surface area contributed by atoms with E-state index in [-0.39, 0.29) is 23.2 Å². The lowest BCUT2D eigenvalue weighted by Crippen LogP contribution is -2.33. The Morgan fingerprint density at radius 2 is 2.50 bits per heavy atom. The van der Waals surface area contributed by atoms with Gasteiger partial charge in [0.05, 0.1) is 0 Å². The first-order chi connectivity index (χ1) is 5.38. The molecule has 1 unspecified atom stereocenters. The first kappa shape index (κ1) is 10.1. The summed E-state index contributed by atoms with van der Waals surface area (Å²) >= 11 is 1.62. The number of hydrogen-bond donors (Lipinski definition) is 1. The van der Waals surface area contributed by atoms with Crippen molar-refractivity contribution in [3.63, 3.8) is 0 Å². The Bertz CT molecular complexity index is 219. The zero-order chi connectivity index (χ0) is 7.68. The van der Waals surface area contributed by atoms with Crippen molar-refractivity contribution in [2.45, 2.75) is 12.6 Å². The maximum atomic E-state index is 9.45. The average molecular weight is 251 g/mol. The van der Waals surface area contributed by atoms with E-state index in [2.05, 4.69) is 4.99 Å². The number of nitrogens with zero attached hydrogens (tertiary/aromatic N) is 2. The van der Waals surface area contributed by atoms with Crippen LogP contribution in [0.5, 0.6) is 0 Å². The number of amidine groups is 1. The molecule has 1 fully saturated rings. The normalized spacial score (nSPS) is 27.2. The van der Waals surface area contributed by atoms with Crippen molar-refractivity contribution in [1.82, 2.24) is 4.90 Å². The summed E-state index contributed by atoms with van der Waals surface area (Å²) in [5.41, 5.74) is 0. The lowest BCUT2D eigenvalue weighted by molar-refractivity contribution is 0.0842. The van der Waals surface area contributed by atoms with Gasteiger partial charge in [-0.25, -0.2) is 4.99 Å². The number of aliphatic hydroxyl groups excluding tert-OH is 1. The quantitative estimate of drug-likeness (QED) is 0.702. The van der Waals surface area contributed by atoms with E-state index in [4.69, 9.17) is 0 Å². The van der Waals surface area contributed by atoms with Crippen molar-refractivity contribution in [1.29, 1.82) is 0 Å². The fourth-order valence-electron chi connectivity index (χ4n) is 1.21. The van der Waals surface area contributed by atoms with Crippen LogP contribution >= 0.6 is 28.7 Å². The highest BCUT2D eigenvalue weighted by molar-refractivity contribution is 8.93. The van der Waals surface area contributed by atoms with Crippen LogP contribution in [0.1, 0.15) is 6.42 Å². The van der Waals surface area contributed by atoms with Gasteiger partial charge in [-0.3, -0.25) is 0 Å². The largest absolute Gasteiger partial charge is 0.373 e. The third kappa shape index (κ3) is 1.84. The topological polar surface area (TPSA) is 35.8 Å². The molecule has 0 amide bonds. The van der Waals surface area contributed by atoms with E-state index < -0.39 is 0 Å². The Labute approximate surface area is 86.3 Å². The molecule has 0 bridgehead atoms. The highest BCUT2D eigenvalue weighted by Crippen LogP contribution is 2.24. The van der Waals surface area contributed by atoms with Crippen molar-refractivity contribution in [3.05, 3.63) is 12.3 Å². The van der Waals surface area contributed by atoms with E-state index in [9.17, 15) is 5.11 Å². The molecule has 2 heterocycles. The van der Waals surface area contributed by atoms with Crippen molar-refractivity contribution in [3.8, 4) is 0 Å². The first-order valence-corrected chi connectivity index (χ1v) is 4.67. The van der Waals surface area contributed by atoms with Gasteiger partial charge in [0.25, 0.3) is 0 Å². The number of rotatable bonds is 0. The van der Waals surface area contributed by atoms with Crippen LogP contribution in [-0.2, 0) is 0 Å². The maximum absolute atomic E-state index is 9.45. The zero-order valence-electron chi connectivity index (χ0n) is 6.51. The lowest BCUT2D eigenvalue weighted by Gasteiger charge is -2.19. The Kier molecular flexibility index (Phi) is 3.61. The van der Waals surface area contributed by atoms with Crippen molar-refractivity contribution >= 4 is 33.9 Å². The van der Waals surface area contributed by atoms with E-state index in [1.807, 2.05) is 17.2 Å². The van der Waals surface area contributed by atoms with Crippen LogP contribution in [0.3, 0.4) is 0 Å². The van der Waals surface area contributed by atoms with Gasteiger partial charge in [0.15, 0.2) is 5.17 Å². The van der Waals surface area contributed by atoms with Gasteiger partial charge in [-0.05, 0) is 6.42 Å². The predicted octanol–water partition coefficient (Wildman–Crippen LogP) is 1.20. The van der Waals surface area contributed by atoms with Gasteiger partial charge in [0.2, 0.25) is 0 Å². The van der Waals surface area contributed by atoms with Gasteiger partial charge in [-0.2, -0.15) is 0 Å². The summed E-state index contributed by atoms with van der Waals surface area (Å²) in [5, 5.41) is 10.4. The molecule has 2 aliphatic heterocycles. The van der Waals surface area contributed by atoms with E-state index in [1.54, 1.807) is 11.8 Å². The first-order valence-electron chi connectivity index (χ1n) is 3.68. The van der Waals surface area contributed by atoms with E-state index >= 15 is 0 Å². The third-order valence-corrected chi connectivity index (χ3v) is 2.86. The van der Waals surface area contributed by atoms with E-state index in [1.165, 1.54) is 0 Å². The number of thioether (sulfide) groups is 1. The van der Waals surface area contributed by atoms with E-state index in [0.717, 1.165) is 23.9 Å². The second-order valence-electron chi connectivity index (χ2n) is 2.57. The summed E-state index contributed by atoms with van der Waals surface area (Å²) in [5.74, 6) is 0.757. The Morgan fingerprint density at radius 3 is 3.33 bits per heavy atom. The van der Waals surface area contributed by atoms with Gasteiger partial charge in [0, 0.05) is 18.5 Å². The second-order valence-corrected chi connectivity index (χ2v) is 3.56. The summed E-state index contributed by atoms with van der Waals surface area (Å²) in [6, 6.07) is 0. The summed E-state index contributed by atoms with van der Waals surface area (Å²) in [6.07, 6.45) is 4.50. The standard InChI is InChI=1S/C7H10N2OS.BrH/c10-6-5-11-7-8-3-1-2-4-9(6)7;/h1,3,6,10H,2,4-5H2;1H. The van der Waals surface area contributed by atoms with Gasteiger partial charge in [0.1, 0.15) is 6.23 Å². The van der Waals surface area contributed by atoms with Crippen LogP contribution in [0.4, 0.5) is 0 Å². The Hall–Kier alpha value is 0. The smallest absolute Gasteiger partial charge is 0.166 e. The number of hydrogen-bond acceptors (Lipinski definition) is 4. The minimum absolute atomic E-state index is 0. The van der Waals surface area contributed by atoms with Gasteiger partial charge in [-0.1, -0.05) is 17.8 Å². The summed E-state index contributed by atoms with van der Waals surface area (Å²) in [6.45, 7) is 0.892. The average Bonchev–Trinajstić information content (AvgIpc) is 2.25. The monoisotopic (exact) mass is 250 g/mol. The second kappa shape index (κ2) is 4.30. The fourth-order valence-corrected chi connectivity index (χ4v) is 2.20. The number of halogens is 1. The van der Waals surface area contributed by atoms with E-state index in [0.29, 0.717) is 0 Å². The number of aliphatic imine (C=N–C) groups is 1. The SMILES string of the molecule is Br.OC1CSC2=NC=CCCN21. The van der Waals surface area contributed by atoms with Crippen LogP contribution in [-0.4, -0.2) is 33.7 Å². The van der Waals surface area contributed by atoms with Crippen LogP contribution in [0.2, 0.25) is 0 Å². The molecule has 0 aliphatic carbocycles. The van der Waals surface area contributed by atoms with Crippen LogP contribution in [0.15, 0.2) is 17.3 Å². The van der Waals surface area contributed by atoms with Crippen molar-refractivity contribution in [2.24, 2.45) is 4.99 Å². The molecule has 1 N–H and O–H groups in total. The van der Waals surface area contributed by atoms with Crippen molar-refractivity contribution < 1.29 is 5.11 Å². The summed E-state index contributed by atoms with van der Waals surface area (Å²) in [4.78, 5) is 6.15. The Morgan fingerprint density at radius 1 is 1.67 bits per heavy atom. The minimum atomic E-state index is -0.321. The zero-order valence-corrected chi connectivity index (χ0v) is 9.04. The fraction of sp³-hybridized carbons (Fsp3) is 0.571. The van der Waals surface area contributed by atoms with Crippen LogP contribution in [0, 0.1) is 0 Å². The molecule has 0 aromatic heterocycles. The molecular weight excluding hydrogens is 240 g/mol. The molecule has 2 rings (SSSR count). The number of fused-ring (bicyclic) bond motifs is 1. The molecule has 0 radical (unpaired) electrons. The lowest BCUT2D eigenvalue weighted by atomic mass is 10.4. The maximum Gasteiger partial charge on any atom is 0.166 e. The highest BCUT2D eigenvalue weighted by atomic mass is 79.9. The summed E-state index contributed by atoms with van der Waals surface area (Å²) < 4.78 is 0. The van der Waals surface area contributed by atoms with Crippen molar-refractivity contribution in [2.75, 3.05) is 12.3 Å². The van der Waals surface area contributed by atoms with Gasteiger partial charge < -0.3 is 10.0 Å². The molecule has 68 valence electrons. The molecule has 2 aliphatic rings. The minimum Gasteiger partial charge on any atom is -0.373 e. The molecule has 0 saturated carbocycles. The molecule has 5 heteroatoms. The van der Waals surface area contributed by atoms with Crippen LogP contribution < -0.4 is 0 Å². The third-order valence-electron chi connectivity index (χ3n) is 1.79. The van der Waals surface area contributed by atoms with Gasteiger partial charge >= 0.3 is 0 Å². The predicted molar refractivity (Wildman–Crippen MR) is 56.7 cm³/mol. The molecule has 1 atom stereocenters. The molecule has 1 saturated heterocycles. The van der Waals surface area contributed by atoms with Gasteiger partial charge in [-0.15, -0.1) is 17.0 Å². The number of aliphatic hydroxyl groups is 1. The Balaban J connectivity index is 0.000000720. The molecule has 0 spiro atoms. The highest BCUT2D eigenvalue weighted by Gasteiger charge is 2.27. The molecule has 3 nitrogen and oxygen atoms in total. The molecule has 0 aromatic carbocycles.